The first-order chi connectivity index (χ1) is 8.49. The number of anilines is 1. The van der Waals surface area contributed by atoms with Crippen LogP contribution in [0.1, 0.15) is 31.4 Å². The Labute approximate surface area is 108 Å². The predicted molar refractivity (Wildman–Crippen MR) is 74.2 cm³/mol. The van der Waals surface area contributed by atoms with E-state index in [2.05, 4.69) is 23.7 Å². The van der Waals surface area contributed by atoms with Gasteiger partial charge in [-0.1, -0.05) is 0 Å². The fraction of sp³-hybridized carbons (Fsp3) is 0.538. The summed E-state index contributed by atoms with van der Waals surface area (Å²) >= 11 is 0. The summed E-state index contributed by atoms with van der Waals surface area (Å²) in [6, 6.07) is 2.09. The minimum atomic E-state index is 0.0326. The molecule has 1 rings (SSSR count). The molecule has 1 aromatic heterocycles. The Bertz CT molecular complexity index is 417. The standard InChI is InChI=1S/C13H22N4O/c1-9(2)17(7-4-8-18)13-11(12(14)15)10(3)5-6-16-13/h5-6,9,18H,4,7-8H2,1-3H3,(H3,14,15). The molecule has 0 aromatic carbocycles. The number of aryl methyl sites for hydroxylation is 1. The summed E-state index contributed by atoms with van der Waals surface area (Å²) in [7, 11) is 0. The molecule has 0 amide bonds. The molecule has 0 aliphatic heterocycles. The van der Waals surface area contributed by atoms with Crippen LogP contribution in [-0.2, 0) is 0 Å². The molecule has 5 nitrogen and oxygen atoms in total. The van der Waals surface area contributed by atoms with Gasteiger partial charge in [0.05, 0.1) is 5.56 Å². The second-order valence-corrected chi connectivity index (χ2v) is 4.60. The van der Waals surface area contributed by atoms with Crippen molar-refractivity contribution in [1.29, 1.82) is 5.41 Å². The molecule has 1 heterocycles. The molecule has 0 saturated carbocycles. The van der Waals surface area contributed by atoms with E-state index in [1.165, 1.54) is 0 Å². The van der Waals surface area contributed by atoms with Gasteiger partial charge in [0.25, 0.3) is 0 Å². The van der Waals surface area contributed by atoms with E-state index in [-0.39, 0.29) is 18.5 Å². The van der Waals surface area contributed by atoms with E-state index in [0.29, 0.717) is 18.5 Å². The van der Waals surface area contributed by atoms with Crippen LogP contribution in [0.4, 0.5) is 5.82 Å². The van der Waals surface area contributed by atoms with Crippen molar-refractivity contribution in [2.24, 2.45) is 5.73 Å². The molecule has 0 aliphatic rings. The number of aliphatic hydroxyl groups is 1. The summed E-state index contributed by atoms with van der Waals surface area (Å²) < 4.78 is 0. The number of amidine groups is 1. The first kappa shape index (κ1) is 14.4. The SMILES string of the molecule is Cc1ccnc(N(CCCO)C(C)C)c1C(=N)N. The minimum absolute atomic E-state index is 0.0326. The Morgan fingerprint density at radius 1 is 1.56 bits per heavy atom. The average molecular weight is 250 g/mol. The second-order valence-electron chi connectivity index (χ2n) is 4.60. The number of aromatic nitrogens is 1. The number of pyridine rings is 1. The molecule has 5 heteroatoms. The van der Waals surface area contributed by atoms with Crippen molar-refractivity contribution in [2.45, 2.75) is 33.2 Å². The van der Waals surface area contributed by atoms with Crippen LogP contribution in [0.15, 0.2) is 12.3 Å². The first-order valence-corrected chi connectivity index (χ1v) is 6.16. The molecule has 1 aromatic rings. The van der Waals surface area contributed by atoms with Crippen LogP contribution in [0.5, 0.6) is 0 Å². The van der Waals surface area contributed by atoms with E-state index < -0.39 is 0 Å². The van der Waals surface area contributed by atoms with Crippen molar-refractivity contribution in [2.75, 3.05) is 18.1 Å². The number of nitrogen functional groups attached to an aromatic ring is 1. The number of nitrogens with zero attached hydrogens (tertiary/aromatic N) is 2. The largest absolute Gasteiger partial charge is 0.396 e. The fourth-order valence-corrected chi connectivity index (χ4v) is 1.94. The Morgan fingerprint density at radius 2 is 2.22 bits per heavy atom. The van der Waals surface area contributed by atoms with Crippen LogP contribution >= 0.6 is 0 Å². The summed E-state index contributed by atoms with van der Waals surface area (Å²) in [5.74, 6) is 0.760. The third kappa shape index (κ3) is 3.20. The third-order valence-electron chi connectivity index (χ3n) is 2.86. The first-order valence-electron chi connectivity index (χ1n) is 6.16. The van der Waals surface area contributed by atoms with Gasteiger partial charge in [0.15, 0.2) is 0 Å². The highest BCUT2D eigenvalue weighted by atomic mass is 16.3. The molecule has 4 N–H and O–H groups in total. The number of rotatable bonds is 6. The number of hydrogen-bond donors (Lipinski definition) is 3. The van der Waals surface area contributed by atoms with Gasteiger partial charge in [-0.05, 0) is 38.8 Å². The van der Waals surface area contributed by atoms with E-state index in [9.17, 15) is 0 Å². The van der Waals surface area contributed by atoms with Crippen molar-refractivity contribution < 1.29 is 5.11 Å². The molecule has 0 saturated heterocycles. The molecule has 0 unspecified atom stereocenters. The molecule has 0 atom stereocenters. The van der Waals surface area contributed by atoms with Crippen LogP contribution in [0.25, 0.3) is 0 Å². The Morgan fingerprint density at radius 3 is 2.72 bits per heavy atom. The van der Waals surface area contributed by atoms with E-state index in [1.54, 1.807) is 6.20 Å². The third-order valence-corrected chi connectivity index (χ3v) is 2.86. The normalized spacial score (nSPS) is 10.7. The highest BCUT2D eigenvalue weighted by molar-refractivity contribution is 6.01. The number of hydrogen-bond acceptors (Lipinski definition) is 4. The topological polar surface area (TPSA) is 86.2 Å². The van der Waals surface area contributed by atoms with Crippen LogP contribution in [-0.4, -0.2) is 35.1 Å². The lowest BCUT2D eigenvalue weighted by Gasteiger charge is -2.29. The minimum Gasteiger partial charge on any atom is -0.396 e. The molecule has 0 radical (unpaired) electrons. The van der Waals surface area contributed by atoms with Gasteiger partial charge in [-0.15, -0.1) is 0 Å². The number of nitrogens with two attached hydrogens (primary N) is 1. The van der Waals surface area contributed by atoms with Gasteiger partial charge in [0.1, 0.15) is 11.7 Å². The zero-order valence-electron chi connectivity index (χ0n) is 11.3. The predicted octanol–water partition coefficient (Wildman–Crippen LogP) is 1.27. The zero-order chi connectivity index (χ0) is 13.7. The summed E-state index contributed by atoms with van der Waals surface area (Å²) in [4.78, 5) is 6.43. The lowest BCUT2D eigenvalue weighted by molar-refractivity contribution is 0.288. The lowest BCUT2D eigenvalue weighted by Crippen LogP contribution is -2.35. The molecular weight excluding hydrogens is 228 g/mol. The molecule has 18 heavy (non-hydrogen) atoms. The summed E-state index contributed by atoms with van der Waals surface area (Å²) in [5.41, 5.74) is 7.28. The number of aliphatic hydroxyl groups excluding tert-OH is 1. The number of nitrogens with one attached hydrogen (secondary N) is 1. The highest BCUT2D eigenvalue weighted by Gasteiger charge is 2.18. The zero-order valence-corrected chi connectivity index (χ0v) is 11.3. The van der Waals surface area contributed by atoms with E-state index in [1.807, 2.05) is 13.0 Å². The van der Waals surface area contributed by atoms with Gasteiger partial charge in [0, 0.05) is 25.4 Å². The maximum Gasteiger partial charge on any atom is 0.140 e. The van der Waals surface area contributed by atoms with Crippen LogP contribution in [0.2, 0.25) is 0 Å². The summed E-state index contributed by atoms with van der Waals surface area (Å²) in [6.45, 7) is 6.89. The van der Waals surface area contributed by atoms with E-state index in [4.69, 9.17) is 16.2 Å². The molecular formula is C13H22N4O. The maximum absolute atomic E-state index is 8.96. The van der Waals surface area contributed by atoms with E-state index >= 15 is 0 Å². The Kier molecular flexibility index (Phi) is 5.09. The van der Waals surface area contributed by atoms with Crippen LogP contribution < -0.4 is 10.6 Å². The van der Waals surface area contributed by atoms with Crippen LogP contribution in [0.3, 0.4) is 0 Å². The summed E-state index contributed by atoms with van der Waals surface area (Å²) in [5, 5.41) is 16.7. The average Bonchev–Trinajstić information content (AvgIpc) is 2.28. The quantitative estimate of drug-likeness (QED) is 0.524. The molecule has 100 valence electrons. The van der Waals surface area contributed by atoms with Crippen LogP contribution in [0, 0.1) is 12.3 Å². The van der Waals surface area contributed by atoms with Gasteiger partial charge < -0.3 is 15.7 Å². The Hall–Kier alpha value is -1.62. The molecule has 0 spiro atoms. The fourth-order valence-electron chi connectivity index (χ4n) is 1.94. The smallest absolute Gasteiger partial charge is 0.140 e. The van der Waals surface area contributed by atoms with Crippen molar-refractivity contribution in [3.63, 3.8) is 0 Å². The highest BCUT2D eigenvalue weighted by Crippen LogP contribution is 2.22. The van der Waals surface area contributed by atoms with Gasteiger partial charge in [-0.25, -0.2) is 4.98 Å². The molecule has 0 bridgehead atoms. The van der Waals surface area contributed by atoms with Crippen molar-refractivity contribution in [1.82, 2.24) is 4.98 Å². The maximum atomic E-state index is 8.96. The second kappa shape index (κ2) is 6.35. The monoisotopic (exact) mass is 250 g/mol. The molecule has 0 aliphatic carbocycles. The van der Waals surface area contributed by atoms with Gasteiger partial charge in [0.2, 0.25) is 0 Å². The Balaban J connectivity index is 3.19. The van der Waals surface area contributed by atoms with Gasteiger partial charge in [-0.2, -0.15) is 0 Å². The van der Waals surface area contributed by atoms with Gasteiger partial charge in [-0.3, -0.25) is 5.41 Å². The van der Waals surface area contributed by atoms with E-state index in [0.717, 1.165) is 11.4 Å². The van der Waals surface area contributed by atoms with Crippen molar-refractivity contribution >= 4 is 11.7 Å². The van der Waals surface area contributed by atoms with Crippen molar-refractivity contribution in [3.8, 4) is 0 Å². The lowest BCUT2D eigenvalue weighted by atomic mass is 10.1. The van der Waals surface area contributed by atoms with Gasteiger partial charge >= 0.3 is 0 Å². The summed E-state index contributed by atoms with van der Waals surface area (Å²) in [6.07, 6.45) is 2.40. The van der Waals surface area contributed by atoms with Crippen molar-refractivity contribution in [3.05, 3.63) is 23.4 Å². The molecule has 0 fully saturated rings.